The Kier molecular flexibility index (Phi) is 5.47. The molecule has 0 aliphatic rings. The van der Waals surface area contributed by atoms with E-state index in [2.05, 4.69) is 16.3 Å². The van der Waals surface area contributed by atoms with Crippen molar-refractivity contribution in [1.29, 1.82) is 5.26 Å². The lowest BCUT2D eigenvalue weighted by molar-refractivity contribution is 0.306. The topological polar surface area (TPSA) is 79.9 Å². The molecule has 0 radical (unpaired) electrons. The molecule has 0 amide bonds. The summed E-state index contributed by atoms with van der Waals surface area (Å²) in [5.41, 5.74) is 3.58. The summed E-state index contributed by atoms with van der Waals surface area (Å²) in [5, 5.41) is 19.9. The van der Waals surface area contributed by atoms with Crippen LogP contribution in [-0.4, -0.2) is 19.9 Å². The number of ether oxygens (including phenoxy) is 1. The van der Waals surface area contributed by atoms with Crippen LogP contribution in [0.3, 0.4) is 0 Å². The van der Waals surface area contributed by atoms with Crippen molar-refractivity contribution >= 4 is 27.2 Å². The number of benzene rings is 3. The Hall–Kier alpha value is -4.22. The number of aromatic nitrogens is 4. The van der Waals surface area contributed by atoms with E-state index in [1.54, 1.807) is 36.1 Å². The van der Waals surface area contributed by atoms with Gasteiger partial charge >= 0.3 is 0 Å². The molecule has 0 fully saturated rings. The maximum absolute atomic E-state index is 9.08. The number of thiazole rings is 1. The molecule has 0 saturated heterocycles. The van der Waals surface area contributed by atoms with E-state index in [-0.39, 0.29) is 0 Å². The maximum Gasteiger partial charge on any atom is 0.139 e. The van der Waals surface area contributed by atoms with E-state index in [1.165, 1.54) is 0 Å². The fourth-order valence-electron chi connectivity index (χ4n) is 3.31. The number of fused-ring (bicyclic) bond motifs is 1. The monoisotopic (exact) mass is 438 g/mol. The van der Waals surface area contributed by atoms with Gasteiger partial charge in [0.15, 0.2) is 0 Å². The van der Waals surface area contributed by atoms with Gasteiger partial charge in [-0.05, 0) is 48.0 Å². The number of hydrogen-bond acceptors (Lipinski definition) is 7. The first kappa shape index (κ1) is 19.7. The number of hydrogen-bond donors (Lipinski definition) is 0. The van der Waals surface area contributed by atoms with Crippen molar-refractivity contribution in [2.24, 2.45) is 0 Å². The Morgan fingerprint density at radius 3 is 2.50 bits per heavy atom. The minimum atomic E-state index is 0.526. The summed E-state index contributed by atoms with van der Waals surface area (Å²) >= 11 is 1.62. The summed E-state index contributed by atoms with van der Waals surface area (Å²) in [6, 6.07) is 25.6. The van der Waals surface area contributed by atoms with E-state index in [0.29, 0.717) is 18.7 Å². The Labute approximate surface area is 188 Å². The molecule has 2 heterocycles. The van der Waals surface area contributed by atoms with Gasteiger partial charge in [0.2, 0.25) is 0 Å². The smallest absolute Gasteiger partial charge is 0.139 e. The van der Waals surface area contributed by atoms with Gasteiger partial charge in [0.1, 0.15) is 30.0 Å². The van der Waals surface area contributed by atoms with Crippen molar-refractivity contribution in [3.05, 3.63) is 102 Å². The largest absolute Gasteiger partial charge is 0.489 e. The first-order valence-corrected chi connectivity index (χ1v) is 10.8. The van der Waals surface area contributed by atoms with E-state index in [4.69, 9.17) is 15.0 Å². The third-order valence-electron chi connectivity index (χ3n) is 4.92. The van der Waals surface area contributed by atoms with Crippen LogP contribution in [0.1, 0.15) is 16.1 Å². The molecule has 0 unspecified atom stereocenters. The molecule has 3 aromatic carbocycles. The number of rotatable bonds is 7. The first-order valence-electron chi connectivity index (χ1n) is 9.97. The van der Waals surface area contributed by atoms with Crippen LogP contribution in [-0.2, 0) is 13.2 Å². The summed E-state index contributed by atoms with van der Waals surface area (Å²) < 4.78 is 8.83. The number of anilines is 1. The normalized spacial score (nSPS) is 10.7. The zero-order valence-corrected chi connectivity index (χ0v) is 17.8. The molecule has 7 nitrogen and oxygen atoms in total. The Morgan fingerprint density at radius 2 is 1.75 bits per heavy atom. The number of nitrogens with zero attached hydrogens (tertiary/aromatic N) is 6. The lowest BCUT2D eigenvalue weighted by Gasteiger charge is -2.23. The van der Waals surface area contributed by atoms with Crippen molar-refractivity contribution in [3.8, 4) is 11.8 Å². The molecular formula is C24H18N6OS. The van der Waals surface area contributed by atoms with E-state index >= 15 is 0 Å². The third-order valence-corrected chi connectivity index (χ3v) is 5.92. The molecule has 0 N–H and O–H groups in total. The summed E-state index contributed by atoms with van der Waals surface area (Å²) in [6.07, 6.45) is 3.28. The Bertz CT molecular complexity index is 1360. The van der Waals surface area contributed by atoms with Gasteiger partial charge in [-0.2, -0.15) is 5.26 Å². The van der Waals surface area contributed by atoms with Crippen LogP contribution in [0.25, 0.3) is 10.2 Å². The average molecular weight is 439 g/mol. The second-order valence-corrected chi connectivity index (χ2v) is 8.18. The van der Waals surface area contributed by atoms with Gasteiger partial charge in [0.05, 0.1) is 34.1 Å². The fraction of sp³-hybridized carbons (Fsp3) is 0.0833. The van der Waals surface area contributed by atoms with Gasteiger partial charge < -0.3 is 4.74 Å². The van der Waals surface area contributed by atoms with Crippen molar-refractivity contribution < 1.29 is 4.74 Å². The lowest BCUT2D eigenvalue weighted by atomic mass is 10.2. The molecule has 0 spiro atoms. The van der Waals surface area contributed by atoms with Crippen molar-refractivity contribution in [3.63, 3.8) is 0 Å². The standard InChI is InChI=1S/C24H18N6OS/c25-13-18-6-8-20(9-7-18)30(29-16-26-27-17-29)14-24-28-22-11-10-21(12-23(22)32-24)31-15-19-4-2-1-3-5-19/h1-12,16-17H,14-15H2. The zero-order valence-electron chi connectivity index (χ0n) is 17.0. The molecule has 156 valence electrons. The van der Waals surface area contributed by atoms with Crippen molar-refractivity contribution in [2.45, 2.75) is 13.2 Å². The van der Waals surface area contributed by atoms with Crippen LogP contribution >= 0.6 is 11.3 Å². The van der Waals surface area contributed by atoms with Gasteiger partial charge in [-0.25, -0.2) is 9.66 Å². The Morgan fingerprint density at radius 1 is 0.969 bits per heavy atom. The van der Waals surface area contributed by atoms with Crippen LogP contribution in [0.5, 0.6) is 5.75 Å². The molecule has 0 saturated carbocycles. The highest BCUT2D eigenvalue weighted by atomic mass is 32.1. The van der Waals surface area contributed by atoms with Gasteiger partial charge in [-0.1, -0.05) is 30.3 Å². The van der Waals surface area contributed by atoms with E-state index in [1.807, 2.05) is 70.3 Å². The van der Waals surface area contributed by atoms with Crippen LogP contribution < -0.4 is 9.75 Å². The Balaban J connectivity index is 1.38. The molecule has 2 aromatic heterocycles. The molecule has 0 bridgehead atoms. The molecule has 32 heavy (non-hydrogen) atoms. The summed E-state index contributed by atoms with van der Waals surface area (Å²) in [5.74, 6) is 0.819. The van der Waals surface area contributed by atoms with Crippen LogP contribution in [0, 0.1) is 11.3 Å². The highest BCUT2D eigenvalue weighted by molar-refractivity contribution is 7.18. The summed E-state index contributed by atoms with van der Waals surface area (Å²) in [6.45, 7) is 1.06. The molecule has 0 aliphatic carbocycles. The molecule has 5 aromatic rings. The predicted octanol–water partition coefficient (Wildman–Crippen LogP) is 4.81. The predicted molar refractivity (Wildman–Crippen MR) is 123 cm³/mol. The summed E-state index contributed by atoms with van der Waals surface area (Å²) in [4.78, 5) is 4.80. The molecule has 0 aliphatic heterocycles. The SMILES string of the molecule is N#Cc1ccc(N(Cc2nc3ccc(OCc4ccccc4)cc3s2)n2cnnc2)cc1. The second-order valence-electron chi connectivity index (χ2n) is 7.07. The van der Waals surface area contributed by atoms with Gasteiger partial charge in [-0.15, -0.1) is 21.5 Å². The van der Waals surface area contributed by atoms with Crippen LogP contribution in [0.4, 0.5) is 5.69 Å². The van der Waals surface area contributed by atoms with E-state index in [9.17, 15) is 0 Å². The first-order chi connectivity index (χ1) is 15.8. The van der Waals surface area contributed by atoms with Crippen molar-refractivity contribution in [1.82, 2.24) is 19.9 Å². The number of nitriles is 1. The quantitative estimate of drug-likeness (QED) is 0.363. The van der Waals surface area contributed by atoms with Crippen LogP contribution in [0.2, 0.25) is 0 Å². The van der Waals surface area contributed by atoms with E-state index in [0.717, 1.165) is 32.2 Å². The van der Waals surface area contributed by atoms with Crippen molar-refractivity contribution in [2.75, 3.05) is 5.01 Å². The van der Waals surface area contributed by atoms with Gasteiger partial charge in [0, 0.05) is 0 Å². The van der Waals surface area contributed by atoms with Crippen LogP contribution in [0.15, 0.2) is 85.5 Å². The van der Waals surface area contributed by atoms with Gasteiger partial charge in [0.25, 0.3) is 0 Å². The van der Waals surface area contributed by atoms with E-state index < -0.39 is 0 Å². The third kappa shape index (κ3) is 4.29. The zero-order chi connectivity index (χ0) is 21.8. The molecule has 8 heteroatoms. The second kappa shape index (κ2) is 8.88. The molecule has 5 rings (SSSR count). The minimum absolute atomic E-state index is 0.526. The van der Waals surface area contributed by atoms with Gasteiger partial charge in [-0.3, -0.25) is 5.01 Å². The fourth-order valence-corrected chi connectivity index (χ4v) is 4.29. The molecular weight excluding hydrogens is 420 g/mol. The summed E-state index contributed by atoms with van der Waals surface area (Å²) in [7, 11) is 0. The lowest BCUT2D eigenvalue weighted by Crippen LogP contribution is -2.27. The highest BCUT2D eigenvalue weighted by Crippen LogP contribution is 2.29. The average Bonchev–Trinajstić information content (AvgIpc) is 3.51. The molecule has 0 atom stereocenters. The minimum Gasteiger partial charge on any atom is -0.489 e. The highest BCUT2D eigenvalue weighted by Gasteiger charge is 2.14. The maximum atomic E-state index is 9.08.